The molecule has 0 saturated carbocycles. The molecule has 2 aromatic rings. The van der Waals surface area contributed by atoms with E-state index < -0.39 is 5.91 Å². The number of aromatic hydroxyl groups is 3. The molecular weight excluding hydrogens is 260 g/mol. The van der Waals surface area contributed by atoms with Gasteiger partial charge in [0.1, 0.15) is 17.2 Å². The molecule has 0 heterocycles. The molecule has 0 spiro atoms. The minimum Gasteiger partial charge on any atom is -0.508 e. The highest BCUT2D eigenvalue weighted by molar-refractivity contribution is 5.95. The third-order valence-corrected chi connectivity index (χ3v) is 2.47. The summed E-state index contributed by atoms with van der Waals surface area (Å²) in [7, 11) is 0. The predicted molar refractivity (Wildman–Crippen MR) is 72.9 cm³/mol. The highest BCUT2D eigenvalue weighted by Crippen LogP contribution is 2.20. The quantitative estimate of drug-likeness (QED) is 0.503. The van der Waals surface area contributed by atoms with Crippen LogP contribution >= 0.6 is 0 Å². The van der Waals surface area contributed by atoms with Crippen molar-refractivity contribution >= 4 is 12.1 Å². The average Bonchev–Trinajstić information content (AvgIpc) is 2.39. The molecule has 0 aliphatic rings. The lowest BCUT2D eigenvalue weighted by atomic mass is 10.2. The number of nitrogens with one attached hydrogen (secondary N) is 1. The zero-order valence-electron chi connectivity index (χ0n) is 10.3. The number of benzene rings is 2. The Morgan fingerprint density at radius 1 is 1.05 bits per heavy atom. The van der Waals surface area contributed by atoms with Crippen LogP contribution < -0.4 is 5.43 Å². The fourth-order valence-electron chi connectivity index (χ4n) is 1.55. The van der Waals surface area contributed by atoms with Gasteiger partial charge in [0.25, 0.3) is 5.91 Å². The van der Waals surface area contributed by atoms with Crippen LogP contribution in [-0.2, 0) is 0 Å². The fourth-order valence-corrected chi connectivity index (χ4v) is 1.55. The molecule has 0 fully saturated rings. The van der Waals surface area contributed by atoms with Crippen LogP contribution in [0.3, 0.4) is 0 Å². The van der Waals surface area contributed by atoms with Crippen molar-refractivity contribution in [3.8, 4) is 17.2 Å². The Hall–Kier alpha value is -3.02. The molecule has 20 heavy (non-hydrogen) atoms. The van der Waals surface area contributed by atoms with Crippen LogP contribution in [0.25, 0.3) is 0 Å². The summed E-state index contributed by atoms with van der Waals surface area (Å²) >= 11 is 0. The maximum Gasteiger partial charge on any atom is 0.271 e. The van der Waals surface area contributed by atoms with Crippen molar-refractivity contribution in [1.29, 1.82) is 0 Å². The summed E-state index contributed by atoms with van der Waals surface area (Å²) in [5.74, 6) is -0.997. The number of hydrazone groups is 1. The van der Waals surface area contributed by atoms with E-state index in [0.717, 1.165) is 6.07 Å². The molecular formula is C14H12N2O4. The minimum absolute atomic E-state index is 0.0421. The van der Waals surface area contributed by atoms with Gasteiger partial charge in [-0.15, -0.1) is 0 Å². The first-order valence-electron chi connectivity index (χ1n) is 5.70. The number of hydrogen-bond donors (Lipinski definition) is 4. The lowest BCUT2D eigenvalue weighted by Gasteiger charge is -2.02. The van der Waals surface area contributed by atoms with E-state index in [-0.39, 0.29) is 22.8 Å². The standard InChI is InChI=1S/C14H12N2O4/c17-11-5-10(6-12(18)7-11)14(20)16-15-8-9-3-1-2-4-13(9)19/h1-8,17-19H,(H,16,20)/b15-8-. The van der Waals surface area contributed by atoms with E-state index in [0.29, 0.717) is 5.56 Å². The van der Waals surface area contributed by atoms with Crippen molar-refractivity contribution in [3.05, 3.63) is 53.6 Å². The zero-order valence-corrected chi connectivity index (χ0v) is 10.3. The van der Waals surface area contributed by atoms with E-state index in [1.165, 1.54) is 24.4 Å². The molecule has 6 heteroatoms. The lowest BCUT2D eigenvalue weighted by molar-refractivity contribution is 0.0954. The lowest BCUT2D eigenvalue weighted by Crippen LogP contribution is -2.17. The second-order valence-corrected chi connectivity index (χ2v) is 4.00. The number of carbonyl (C=O) groups excluding carboxylic acids is 1. The Labute approximate surface area is 114 Å². The summed E-state index contributed by atoms with van der Waals surface area (Å²) in [6.07, 6.45) is 1.29. The third kappa shape index (κ3) is 3.26. The Morgan fingerprint density at radius 2 is 1.70 bits per heavy atom. The van der Waals surface area contributed by atoms with Crippen molar-refractivity contribution in [2.24, 2.45) is 5.10 Å². The highest BCUT2D eigenvalue weighted by Gasteiger charge is 2.07. The van der Waals surface area contributed by atoms with E-state index in [1.54, 1.807) is 18.2 Å². The molecule has 0 saturated heterocycles. The molecule has 6 nitrogen and oxygen atoms in total. The molecule has 2 aromatic carbocycles. The first-order chi connectivity index (χ1) is 9.56. The molecule has 2 rings (SSSR count). The number of phenolic OH excluding ortho intramolecular Hbond substituents is 3. The Bertz CT molecular complexity index is 648. The molecule has 0 unspecified atom stereocenters. The van der Waals surface area contributed by atoms with Gasteiger partial charge in [0.05, 0.1) is 6.21 Å². The van der Waals surface area contributed by atoms with Gasteiger partial charge < -0.3 is 15.3 Å². The molecule has 4 N–H and O–H groups in total. The van der Waals surface area contributed by atoms with Gasteiger partial charge in [-0.2, -0.15) is 5.10 Å². The fraction of sp³-hybridized carbons (Fsp3) is 0. The summed E-state index contributed by atoms with van der Waals surface area (Å²) < 4.78 is 0. The minimum atomic E-state index is -0.595. The predicted octanol–water partition coefficient (Wildman–Crippen LogP) is 1.57. The maximum absolute atomic E-state index is 11.7. The normalized spacial score (nSPS) is 10.6. The van der Waals surface area contributed by atoms with Gasteiger partial charge in [-0.1, -0.05) is 12.1 Å². The van der Waals surface area contributed by atoms with Gasteiger partial charge in [0.15, 0.2) is 0 Å². The summed E-state index contributed by atoms with van der Waals surface area (Å²) in [4.78, 5) is 11.7. The molecule has 0 aliphatic heterocycles. The highest BCUT2D eigenvalue weighted by atomic mass is 16.3. The first kappa shape index (κ1) is 13.4. The van der Waals surface area contributed by atoms with Gasteiger partial charge in [-0.25, -0.2) is 5.43 Å². The van der Waals surface area contributed by atoms with E-state index >= 15 is 0 Å². The average molecular weight is 272 g/mol. The van der Waals surface area contributed by atoms with E-state index in [2.05, 4.69) is 10.5 Å². The van der Waals surface area contributed by atoms with Crippen LogP contribution in [0, 0.1) is 0 Å². The molecule has 0 radical (unpaired) electrons. The molecule has 0 atom stereocenters. The number of carbonyl (C=O) groups is 1. The summed E-state index contributed by atoms with van der Waals surface area (Å²) in [6.45, 7) is 0. The molecule has 1 amide bonds. The number of rotatable bonds is 3. The SMILES string of the molecule is O=C(N/N=C\c1ccccc1O)c1cc(O)cc(O)c1. The topological polar surface area (TPSA) is 102 Å². The Morgan fingerprint density at radius 3 is 2.35 bits per heavy atom. The summed E-state index contributed by atoms with van der Waals surface area (Å²) in [5.41, 5.74) is 2.74. The van der Waals surface area contributed by atoms with Gasteiger partial charge in [0.2, 0.25) is 0 Å². The molecule has 0 bridgehead atoms. The van der Waals surface area contributed by atoms with Crippen molar-refractivity contribution in [1.82, 2.24) is 5.43 Å². The zero-order chi connectivity index (χ0) is 14.5. The molecule has 0 aromatic heterocycles. The van der Waals surface area contributed by atoms with Crippen molar-refractivity contribution in [2.75, 3.05) is 0 Å². The largest absolute Gasteiger partial charge is 0.508 e. The van der Waals surface area contributed by atoms with Crippen LogP contribution in [0.1, 0.15) is 15.9 Å². The molecule has 0 aliphatic carbocycles. The second kappa shape index (κ2) is 5.75. The number of hydrogen-bond acceptors (Lipinski definition) is 5. The van der Waals surface area contributed by atoms with E-state index in [1.807, 2.05) is 0 Å². The number of amides is 1. The Balaban J connectivity index is 2.07. The van der Waals surface area contributed by atoms with Crippen LogP contribution in [0.15, 0.2) is 47.6 Å². The van der Waals surface area contributed by atoms with Gasteiger partial charge in [-0.05, 0) is 24.3 Å². The summed E-state index contributed by atoms with van der Waals surface area (Å²) in [6, 6.07) is 10.0. The Kier molecular flexibility index (Phi) is 3.85. The van der Waals surface area contributed by atoms with E-state index in [4.69, 9.17) is 0 Å². The maximum atomic E-state index is 11.7. The van der Waals surface area contributed by atoms with Crippen LogP contribution in [0.4, 0.5) is 0 Å². The third-order valence-electron chi connectivity index (χ3n) is 2.47. The molecule has 102 valence electrons. The second-order valence-electron chi connectivity index (χ2n) is 4.00. The number of para-hydroxylation sites is 1. The van der Waals surface area contributed by atoms with Crippen LogP contribution in [0.2, 0.25) is 0 Å². The van der Waals surface area contributed by atoms with Crippen LogP contribution in [0.5, 0.6) is 17.2 Å². The smallest absolute Gasteiger partial charge is 0.271 e. The van der Waals surface area contributed by atoms with Crippen molar-refractivity contribution in [3.63, 3.8) is 0 Å². The first-order valence-corrected chi connectivity index (χ1v) is 5.70. The van der Waals surface area contributed by atoms with Crippen molar-refractivity contribution in [2.45, 2.75) is 0 Å². The monoisotopic (exact) mass is 272 g/mol. The van der Waals surface area contributed by atoms with Crippen molar-refractivity contribution < 1.29 is 20.1 Å². The summed E-state index contributed by atoms with van der Waals surface area (Å²) in [5, 5.41) is 31.7. The van der Waals surface area contributed by atoms with Gasteiger partial charge >= 0.3 is 0 Å². The van der Waals surface area contributed by atoms with E-state index in [9.17, 15) is 20.1 Å². The number of nitrogens with zero attached hydrogens (tertiary/aromatic N) is 1. The van der Waals surface area contributed by atoms with Gasteiger partial charge in [0, 0.05) is 17.2 Å². The number of phenols is 3. The van der Waals surface area contributed by atoms with Crippen LogP contribution in [-0.4, -0.2) is 27.4 Å². The van der Waals surface area contributed by atoms with Gasteiger partial charge in [-0.3, -0.25) is 4.79 Å².